The largest absolute Gasteiger partial charge is 0.298 e. The Labute approximate surface area is 72.0 Å². The molecule has 1 aromatic rings. The number of hydrogen-bond acceptors (Lipinski definition) is 2. The van der Waals surface area contributed by atoms with Crippen LogP contribution in [0.25, 0.3) is 0 Å². The number of hydrogen-bond donors (Lipinski definition) is 2. The Balaban J connectivity index is 2.86. The summed E-state index contributed by atoms with van der Waals surface area (Å²) >= 11 is -2.09. The average Bonchev–Trinajstić information content (AvgIpc) is 2.03. The van der Waals surface area contributed by atoms with Crippen molar-refractivity contribution in [3.05, 3.63) is 29.8 Å². The van der Waals surface area contributed by atoms with Crippen LogP contribution in [0.3, 0.4) is 0 Å². The van der Waals surface area contributed by atoms with Crippen molar-refractivity contribution in [1.82, 2.24) is 0 Å². The minimum absolute atomic E-state index is 0.445. The Morgan fingerprint density at radius 2 is 2.25 bits per heavy atom. The van der Waals surface area contributed by atoms with E-state index >= 15 is 0 Å². The molecule has 0 saturated heterocycles. The van der Waals surface area contributed by atoms with Crippen molar-refractivity contribution < 1.29 is 13.6 Å². The topological polar surface area (TPSA) is 66.4 Å². The predicted molar refractivity (Wildman–Crippen MR) is 46.2 cm³/mol. The van der Waals surface area contributed by atoms with Crippen molar-refractivity contribution in [2.24, 2.45) is 0 Å². The van der Waals surface area contributed by atoms with Crippen LogP contribution in [-0.2, 0) is 11.3 Å². The van der Waals surface area contributed by atoms with Crippen LogP contribution in [0.2, 0.25) is 0 Å². The molecule has 0 aliphatic heterocycles. The molecule has 1 unspecified atom stereocenters. The first-order valence-electron chi connectivity index (χ1n) is 3.15. The molecule has 1 aromatic carbocycles. The lowest BCUT2D eigenvalue weighted by Gasteiger charge is -1.99. The van der Waals surface area contributed by atoms with E-state index in [2.05, 4.69) is 4.72 Å². The molecule has 64 valence electrons. The minimum Gasteiger partial charge on any atom is -0.298 e. The summed E-state index contributed by atoms with van der Waals surface area (Å²) in [5, 5.41) is 0. The second kappa shape index (κ2) is 3.99. The number of rotatable bonds is 3. The van der Waals surface area contributed by atoms with Crippen LogP contribution in [0.15, 0.2) is 24.3 Å². The van der Waals surface area contributed by atoms with Crippen LogP contribution < -0.4 is 4.72 Å². The van der Waals surface area contributed by atoms with Gasteiger partial charge in [0.1, 0.15) is 6.29 Å². The maximum Gasteiger partial charge on any atom is 0.259 e. The molecule has 0 aromatic heterocycles. The van der Waals surface area contributed by atoms with Gasteiger partial charge in [0.05, 0.1) is 0 Å². The van der Waals surface area contributed by atoms with Crippen LogP contribution in [0.4, 0.5) is 5.69 Å². The quantitative estimate of drug-likeness (QED) is 0.546. The third-order valence-electron chi connectivity index (χ3n) is 1.23. The van der Waals surface area contributed by atoms with Gasteiger partial charge in [-0.3, -0.25) is 14.1 Å². The number of anilines is 1. The zero-order valence-corrected chi connectivity index (χ0v) is 6.88. The lowest BCUT2D eigenvalue weighted by Crippen LogP contribution is -2.01. The lowest BCUT2D eigenvalue weighted by molar-refractivity contribution is 0.112. The molecule has 0 aliphatic carbocycles. The van der Waals surface area contributed by atoms with Gasteiger partial charge in [0.15, 0.2) is 0 Å². The minimum atomic E-state index is -2.09. The molecule has 0 amide bonds. The Morgan fingerprint density at radius 1 is 1.50 bits per heavy atom. The fourth-order valence-electron chi connectivity index (χ4n) is 0.776. The molecule has 0 heterocycles. The van der Waals surface area contributed by atoms with Gasteiger partial charge in [-0.05, 0) is 12.1 Å². The van der Waals surface area contributed by atoms with Gasteiger partial charge >= 0.3 is 0 Å². The van der Waals surface area contributed by atoms with E-state index < -0.39 is 11.3 Å². The fourth-order valence-corrected chi connectivity index (χ4v) is 1.10. The molecule has 5 heteroatoms. The van der Waals surface area contributed by atoms with Crippen molar-refractivity contribution in [1.29, 1.82) is 0 Å². The third kappa shape index (κ3) is 2.44. The van der Waals surface area contributed by atoms with E-state index in [-0.39, 0.29) is 0 Å². The highest BCUT2D eigenvalue weighted by molar-refractivity contribution is 7.80. The molecule has 12 heavy (non-hydrogen) atoms. The second-order valence-corrected chi connectivity index (χ2v) is 2.80. The van der Waals surface area contributed by atoms with Crippen LogP contribution in [0.1, 0.15) is 10.4 Å². The van der Waals surface area contributed by atoms with Crippen molar-refractivity contribution in [2.45, 2.75) is 0 Å². The molecule has 2 N–H and O–H groups in total. The maximum atomic E-state index is 10.3. The summed E-state index contributed by atoms with van der Waals surface area (Å²) in [5.74, 6) is 0. The Morgan fingerprint density at radius 3 is 2.83 bits per heavy atom. The molecular weight excluding hydrogens is 178 g/mol. The first-order chi connectivity index (χ1) is 5.72. The first kappa shape index (κ1) is 8.89. The third-order valence-corrected chi connectivity index (χ3v) is 1.64. The zero-order chi connectivity index (χ0) is 8.97. The van der Waals surface area contributed by atoms with Crippen molar-refractivity contribution in [3.8, 4) is 0 Å². The average molecular weight is 185 g/mol. The van der Waals surface area contributed by atoms with Crippen LogP contribution in [0, 0.1) is 0 Å². The smallest absolute Gasteiger partial charge is 0.259 e. The molecule has 0 bridgehead atoms. The van der Waals surface area contributed by atoms with E-state index in [1.54, 1.807) is 18.2 Å². The summed E-state index contributed by atoms with van der Waals surface area (Å²) in [7, 11) is 0. The Bertz CT molecular complexity index is 313. The maximum absolute atomic E-state index is 10.3. The molecule has 1 rings (SSSR count). The van der Waals surface area contributed by atoms with Crippen molar-refractivity contribution >= 4 is 23.2 Å². The van der Waals surface area contributed by atoms with E-state index in [0.717, 1.165) is 0 Å². The monoisotopic (exact) mass is 185 g/mol. The van der Waals surface area contributed by atoms with Gasteiger partial charge < -0.3 is 0 Å². The second-order valence-electron chi connectivity index (χ2n) is 2.09. The highest BCUT2D eigenvalue weighted by Gasteiger charge is 1.95. The van der Waals surface area contributed by atoms with E-state index in [1.807, 2.05) is 0 Å². The summed E-state index contributed by atoms with van der Waals surface area (Å²) < 4.78 is 21.0. The molecule has 0 radical (unpaired) electrons. The van der Waals surface area contributed by atoms with Gasteiger partial charge in [-0.1, -0.05) is 12.1 Å². The van der Waals surface area contributed by atoms with E-state index in [9.17, 15) is 9.00 Å². The standard InChI is InChI=1S/C7H7NO3S/c9-5-6-2-1-3-7(4-6)8-12(10)11/h1-5,8H,(H,10,11). The molecule has 0 fully saturated rings. The van der Waals surface area contributed by atoms with Crippen LogP contribution in [0.5, 0.6) is 0 Å². The van der Waals surface area contributed by atoms with Gasteiger partial charge in [-0.2, -0.15) is 0 Å². The zero-order valence-electron chi connectivity index (χ0n) is 6.06. The first-order valence-corrected chi connectivity index (χ1v) is 4.26. The van der Waals surface area contributed by atoms with Gasteiger partial charge in [0.25, 0.3) is 11.3 Å². The number of nitrogens with one attached hydrogen (secondary N) is 1. The summed E-state index contributed by atoms with van der Waals surface area (Å²) in [6.07, 6.45) is 0.672. The van der Waals surface area contributed by atoms with E-state index in [0.29, 0.717) is 17.5 Å². The molecule has 0 saturated carbocycles. The normalized spacial score (nSPS) is 12.1. The van der Waals surface area contributed by atoms with Crippen molar-refractivity contribution in [3.63, 3.8) is 0 Å². The Hall–Kier alpha value is -1.20. The van der Waals surface area contributed by atoms with Gasteiger partial charge in [0.2, 0.25) is 0 Å². The fraction of sp³-hybridized carbons (Fsp3) is 0. The number of aldehydes is 1. The summed E-state index contributed by atoms with van der Waals surface area (Å²) in [4.78, 5) is 10.3. The summed E-state index contributed by atoms with van der Waals surface area (Å²) in [6, 6.07) is 6.32. The highest BCUT2D eigenvalue weighted by Crippen LogP contribution is 2.08. The summed E-state index contributed by atoms with van der Waals surface area (Å²) in [6.45, 7) is 0. The van der Waals surface area contributed by atoms with Gasteiger partial charge in [0, 0.05) is 11.3 Å². The highest BCUT2D eigenvalue weighted by atomic mass is 32.2. The molecule has 4 nitrogen and oxygen atoms in total. The lowest BCUT2D eigenvalue weighted by atomic mass is 10.2. The van der Waals surface area contributed by atoms with Gasteiger partial charge in [-0.25, -0.2) is 4.21 Å². The Kier molecular flexibility index (Phi) is 2.95. The molecular formula is C7H7NO3S. The number of carbonyl (C=O) groups is 1. The molecule has 0 aliphatic rings. The van der Waals surface area contributed by atoms with Crippen LogP contribution in [-0.4, -0.2) is 15.0 Å². The van der Waals surface area contributed by atoms with Gasteiger partial charge in [-0.15, -0.1) is 0 Å². The van der Waals surface area contributed by atoms with E-state index in [1.165, 1.54) is 6.07 Å². The molecule has 1 atom stereocenters. The number of carbonyl (C=O) groups excluding carboxylic acids is 1. The van der Waals surface area contributed by atoms with E-state index in [4.69, 9.17) is 4.55 Å². The molecule has 0 spiro atoms. The SMILES string of the molecule is O=Cc1cccc(NS(=O)O)c1. The predicted octanol–water partition coefficient (Wildman–Crippen LogP) is 1.05. The number of benzene rings is 1. The summed E-state index contributed by atoms with van der Waals surface area (Å²) in [5.41, 5.74) is 0.908. The van der Waals surface area contributed by atoms with Crippen molar-refractivity contribution in [2.75, 3.05) is 4.72 Å². The van der Waals surface area contributed by atoms with Crippen LogP contribution >= 0.6 is 0 Å².